The molecule has 0 amide bonds. The van der Waals surface area contributed by atoms with Gasteiger partial charge in [-0.15, -0.1) is 0 Å². The monoisotopic (exact) mass is 617 g/mol. The zero-order chi connectivity index (χ0) is 31.1. The van der Waals surface area contributed by atoms with Crippen molar-refractivity contribution in [2.45, 2.75) is 5.41 Å². The predicted molar refractivity (Wildman–Crippen MR) is 197 cm³/mol. The molecule has 47 heavy (non-hydrogen) atoms. The van der Waals surface area contributed by atoms with Crippen LogP contribution in [-0.4, -0.2) is 0 Å². The van der Waals surface area contributed by atoms with Gasteiger partial charge in [-0.1, -0.05) is 133 Å². The summed E-state index contributed by atoms with van der Waals surface area (Å²) in [5.74, 6) is 0. The highest BCUT2D eigenvalue weighted by molar-refractivity contribution is 6.31. The average Bonchev–Trinajstić information content (AvgIpc) is 3.58. The Hall–Kier alpha value is -5.63. The average molecular weight is 618 g/mol. The third-order valence-corrected chi connectivity index (χ3v) is 10.5. The van der Waals surface area contributed by atoms with Crippen LogP contribution >= 0.6 is 11.6 Å². The van der Waals surface area contributed by atoms with E-state index in [1.165, 1.54) is 66.1 Å². The number of para-hydroxylation sites is 1. The second-order valence-electron chi connectivity index (χ2n) is 12.6. The molecule has 10 rings (SSSR count). The predicted octanol–water partition coefficient (Wildman–Crippen LogP) is 12.5. The largest absolute Gasteiger partial charge is 0.310 e. The Balaban J connectivity index is 1.37. The number of hydrogen-bond donors (Lipinski definition) is 0. The van der Waals surface area contributed by atoms with Crippen molar-refractivity contribution in [1.29, 1.82) is 0 Å². The molecule has 0 unspecified atom stereocenters. The smallest absolute Gasteiger partial charge is 0.0727 e. The van der Waals surface area contributed by atoms with E-state index in [2.05, 4.69) is 175 Å². The van der Waals surface area contributed by atoms with E-state index in [0.29, 0.717) is 0 Å². The standard InChI is InChI=1S/C45H28ClN/c46-33-27-42-44(43(28-33)47(34-16-2-1-3-17-34)35-23-22-29-12-4-5-13-30(29)24-35)38-25-31-14-6-7-15-32(31)26-41(38)45(42)39-20-10-8-18-36(39)37-19-9-11-21-40(37)45/h1-28H. The molecule has 0 bridgehead atoms. The zero-order valence-electron chi connectivity index (χ0n) is 25.5. The van der Waals surface area contributed by atoms with Gasteiger partial charge < -0.3 is 4.90 Å². The molecule has 0 aliphatic heterocycles. The minimum atomic E-state index is -0.507. The molecule has 0 fully saturated rings. The summed E-state index contributed by atoms with van der Waals surface area (Å²) in [6.07, 6.45) is 0. The van der Waals surface area contributed by atoms with Crippen LogP contribution in [0.25, 0.3) is 43.8 Å². The molecule has 8 aromatic carbocycles. The van der Waals surface area contributed by atoms with Crippen LogP contribution < -0.4 is 4.90 Å². The first-order valence-corrected chi connectivity index (χ1v) is 16.5. The van der Waals surface area contributed by atoms with Gasteiger partial charge in [-0.3, -0.25) is 0 Å². The number of benzene rings is 8. The zero-order valence-corrected chi connectivity index (χ0v) is 26.2. The Morgan fingerprint density at radius 2 is 0.957 bits per heavy atom. The number of hydrogen-bond acceptors (Lipinski definition) is 1. The number of fused-ring (bicyclic) bond motifs is 12. The maximum atomic E-state index is 7.28. The number of halogens is 1. The summed E-state index contributed by atoms with van der Waals surface area (Å²) < 4.78 is 0. The van der Waals surface area contributed by atoms with E-state index >= 15 is 0 Å². The van der Waals surface area contributed by atoms with Crippen molar-refractivity contribution in [3.63, 3.8) is 0 Å². The lowest BCUT2D eigenvalue weighted by Gasteiger charge is -2.32. The Morgan fingerprint density at radius 3 is 1.66 bits per heavy atom. The summed E-state index contributed by atoms with van der Waals surface area (Å²) in [5, 5.41) is 5.61. The fourth-order valence-corrected chi connectivity index (χ4v) is 8.60. The van der Waals surface area contributed by atoms with Crippen molar-refractivity contribution < 1.29 is 0 Å². The van der Waals surface area contributed by atoms with Crippen LogP contribution in [0.2, 0.25) is 5.02 Å². The molecule has 1 nitrogen and oxygen atoms in total. The van der Waals surface area contributed by atoms with Crippen molar-refractivity contribution in [1.82, 2.24) is 0 Å². The van der Waals surface area contributed by atoms with E-state index in [0.717, 1.165) is 22.1 Å². The third kappa shape index (κ3) is 3.66. The van der Waals surface area contributed by atoms with Crippen LogP contribution in [0.15, 0.2) is 170 Å². The maximum absolute atomic E-state index is 7.28. The summed E-state index contributed by atoms with van der Waals surface area (Å²) in [5.41, 5.74) is 12.9. The minimum Gasteiger partial charge on any atom is -0.310 e. The molecule has 220 valence electrons. The molecule has 2 aliphatic carbocycles. The van der Waals surface area contributed by atoms with Crippen molar-refractivity contribution in [2.24, 2.45) is 0 Å². The molecular weight excluding hydrogens is 590 g/mol. The molecule has 8 aromatic rings. The van der Waals surface area contributed by atoms with E-state index in [1.807, 2.05) is 0 Å². The first-order chi connectivity index (χ1) is 23.2. The van der Waals surface area contributed by atoms with E-state index in [4.69, 9.17) is 11.6 Å². The van der Waals surface area contributed by atoms with Crippen LogP contribution in [0.1, 0.15) is 22.3 Å². The lowest BCUT2D eigenvalue weighted by atomic mass is 9.70. The fourth-order valence-electron chi connectivity index (χ4n) is 8.39. The quantitative estimate of drug-likeness (QED) is 0.191. The van der Waals surface area contributed by atoms with E-state index in [1.54, 1.807) is 0 Å². The molecule has 0 N–H and O–H groups in total. The highest BCUT2D eigenvalue weighted by Gasteiger charge is 2.52. The summed E-state index contributed by atoms with van der Waals surface area (Å²) in [4.78, 5) is 2.39. The molecule has 0 saturated carbocycles. The van der Waals surface area contributed by atoms with Gasteiger partial charge in [-0.2, -0.15) is 0 Å². The molecule has 0 saturated heterocycles. The van der Waals surface area contributed by atoms with Gasteiger partial charge in [-0.25, -0.2) is 0 Å². The minimum absolute atomic E-state index is 0.507. The third-order valence-electron chi connectivity index (χ3n) is 10.2. The van der Waals surface area contributed by atoms with Crippen LogP contribution in [0, 0.1) is 0 Å². The summed E-state index contributed by atoms with van der Waals surface area (Å²) in [6.45, 7) is 0. The van der Waals surface area contributed by atoms with Gasteiger partial charge in [0.1, 0.15) is 0 Å². The van der Waals surface area contributed by atoms with E-state index < -0.39 is 5.41 Å². The Morgan fingerprint density at radius 1 is 0.383 bits per heavy atom. The first kappa shape index (κ1) is 26.6. The van der Waals surface area contributed by atoms with Crippen molar-refractivity contribution in [3.8, 4) is 22.3 Å². The van der Waals surface area contributed by atoms with Gasteiger partial charge in [0.05, 0.1) is 11.1 Å². The lowest BCUT2D eigenvalue weighted by molar-refractivity contribution is 0.795. The SMILES string of the molecule is Clc1cc(N(c2ccccc2)c2ccc3ccccc3c2)c2c(c1)C1(c3ccccc3-c3ccccc31)c1cc3ccccc3cc1-2. The van der Waals surface area contributed by atoms with Crippen LogP contribution in [0.3, 0.4) is 0 Å². The maximum Gasteiger partial charge on any atom is 0.0727 e. The fraction of sp³-hybridized carbons (Fsp3) is 0.0222. The van der Waals surface area contributed by atoms with Gasteiger partial charge in [0.2, 0.25) is 0 Å². The second kappa shape index (κ2) is 9.93. The van der Waals surface area contributed by atoms with Crippen LogP contribution in [0.4, 0.5) is 17.1 Å². The summed E-state index contributed by atoms with van der Waals surface area (Å²) in [7, 11) is 0. The topological polar surface area (TPSA) is 3.24 Å². The molecule has 2 heteroatoms. The van der Waals surface area contributed by atoms with Gasteiger partial charge in [-0.05, 0) is 109 Å². The van der Waals surface area contributed by atoms with E-state index in [-0.39, 0.29) is 0 Å². The van der Waals surface area contributed by atoms with Crippen LogP contribution in [0.5, 0.6) is 0 Å². The normalized spacial score (nSPS) is 13.4. The highest BCUT2D eigenvalue weighted by atomic mass is 35.5. The first-order valence-electron chi connectivity index (χ1n) is 16.1. The molecule has 1 spiro atoms. The molecular formula is C45H28ClN. The Labute approximate surface area is 278 Å². The van der Waals surface area contributed by atoms with Crippen molar-refractivity contribution >= 4 is 50.2 Å². The molecule has 2 aliphatic rings. The van der Waals surface area contributed by atoms with Gasteiger partial charge in [0.15, 0.2) is 0 Å². The summed E-state index contributed by atoms with van der Waals surface area (Å²) >= 11 is 7.28. The Kier molecular flexibility index (Phi) is 5.62. The van der Waals surface area contributed by atoms with Crippen molar-refractivity contribution in [2.75, 3.05) is 4.90 Å². The molecule has 0 heterocycles. The Bertz CT molecular complexity index is 2500. The van der Waals surface area contributed by atoms with Gasteiger partial charge in [0.25, 0.3) is 0 Å². The van der Waals surface area contributed by atoms with Gasteiger partial charge in [0, 0.05) is 22.0 Å². The van der Waals surface area contributed by atoms with Gasteiger partial charge >= 0.3 is 0 Å². The molecule has 0 atom stereocenters. The van der Waals surface area contributed by atoms with Crippen molar-refractivity contribution in [3.05, 3.63) is 197 Å². The van der Waals surface area contributed by atoms with Crippen LogP contribution in [-0.2, 0) is 5.41 Å². The summed E-state index contributed by atoms with van der Waals surface area (Å²) in [6, 6.07) is 61.8. The van der Waals surface area contributed by atoms with E-state index in [9.17, 15) is 0 Å². The molecule has 0 radical (unpaired) electrons. The number of rotatable bonds is 3. The number of nitrogens with zero attached hydrogens (tertiary/aromatic N) is 1. The number of anilines is 3. The highest BCUT2D eigenvalue weighted by Crippen LogP contribution is 2.65. The lowest BCUT2D eigenvalue weighted by Crippen LogP contribution is -2.26. The molecule has 0 aromatic heterocycles. The second-order valence-corrected chi connectivity index (χ2v) is 13.1.